The quantitative estimate of drug-likeness (QED) is 0.264. The van der Waals surface area contributed by atoms with Gasteiger partial charge < -0.3 is 14.2 Å². The van der Waals surface area contributed by atoms with Crippen molar-refractivity contribution in [1.82, 2.24) is 14.8 Å². The number of thioether (sulfide) groups is 1. The number of halogens is 1. The van der Waals surface area contributed by atoms with E-state index in [2.05, 4.69) is 22.3 Å². The molecule has 0 aliphatic heterocycles. The van der Waals surface area contributed by atoms with Crippen LogP contribution in [0.25, 0.3) is 11.4 Å². The summed E-state index contributed by atoms with van der Waals surface area (Å²) in [6.45, 7) is 5.56. The Morgan fingerprint density at radius 1 is 1.21 bits per heavy atom. The zero-order valence-corrected chi connectivity index (χ0v) is 21.2. The summed E-state index contributed by atoms with van der Waals surface area (Å²) in [5.74, 6) is 0.742. The number of ether oxygens (including phenoxy) is 1. The molecule has 9 heteroatoms. The molecule has 1 heterocycles. The molecule has 7 nitrogen and oxygen atoms in total. The predicted molar refractivity (Wildman–Crippen MR) is 136 cm³/mol. The molecule has 0 radical (unpaired) electrons. The number of aromatic nitrogens is 3. The number of carbonyl (C=O) groups is 1. The Morgan fingerprint density at radius 3 is 2.62 bits per heavy atom. The minimum atomic E-state index is -0.0871. The molecule has 3 rings (SSSR count). The van der Waals surface area contributed by atoms with Gasteiger partial charge in [0.25, 0.3) is 0 Å². The topological polar surface area (TPSA) is 84.0 Å². The van der Waals surface area contributed by atoms with E-state index < -0.39 is 0 Å². The van der Waals surface area contributed by atoms with E-state index in [1.54, 1.807) is 12.0 Å². The monoisotopic (exact) mass is 497 g/mol. The number of nitrogens with zero attached hydrogens (tertiary/aromatic N) is 5. The number of nitriles is 1. The predicted octanol–water partition coefficient (Wildman–Crippen LogP) is 5.29. The molecule has 0 bridgehead atoms. The lowest BCUT2D eigenvalue weighted by Gasteiger charge is -2.22. The van der Waals surface area contributed by atoms with E-state index in [1.807, 2.05) is 54.8 Å². The molecular formula is C25H28ClN5O2S. The number of aryl methyl sites for hydroxylation is 2. The van der Waals surface area contributed by atoms with Crippen LogP contribution in [0.3, 0.4) is 0 Å². The average Bonchev–Trinajstić information content (AvgIpc) is 3.20. The smallest absolute Gasteiger partial charge is 0.237 e. The largest absolute Gasteiger partial charge is 0.385 e. The maximum atomic E-state index is 13.2. The van der Waals surface area contributed by atoms with Crippen molar-refractivity contribution in [2.24, 2.45) is 0 Å². The van der Waals surface area contributed by atoms with E-state index in [4.69, 9.17) is 21.6 Å². The van der Waals surface area contributed by atoms with E-state index in [-0.39, 0.29) is 18.1 Å². The number of benzene rings is 2. The molecule has 0 spiro atoms. The van der Waals surface area contributed by atoms with Gasteiger partial charge in [-0.2, -0.15) is 5.26 Å². The molecule has 1 aromatic heterocycles. The van der Waals surface area contributed by atoms with Gasteiger partial charge >= 0.3 is 0 Å². The number of amides is 1. The standard InChI is InChI=1S/C25H28ClN5O2S/c1-18-14-19(2)16-20(15-18)30(11-6-10-27)23(32)17-34-25-29-28-24(31(25)12-7-13-33-3)21-8-4-5-9-22(21)26/h4-5,8-9,14-16H,6-7,11-13,17H2,1-3H3. The van der Waals surface area contributed by atoms with Gasteiger partial charge in [0, 0.05) is 38.1 Å². The van der Waals surface area contributed by atoms with Crippen molar-refractivity contribution >= 4 is 35.0 Å². The summed E-state index contributed by atoms with van der Waals surface area (Å²) in [5, 5.41) is 19.1. The van der Waals surface area contributed by atoms with E-state index in [9.17, 15) is 4.79 Å². The second kappa shape index (κ2) is 12.6. The molecule has 3 aromatic rings. The lowest BCUT2D eigenvalue weighted by atomic mass is 10.1. The molecule has 34 heavy (non-hydrogen) atoms. The highest BCUT2D eigenvalue weighted by molar-refractivity contribution is 7.99. The molecule has 2 aromatic carbocycles. The zero-order valence-electron chi connectivity index (χ0n) is 19.6. The SMILES string of the molecule is COCCCn1c(SCC(=O)N(CCC#N)c2cc(C)cc(C)c2)nnc1-c1ccccc1Cl. The molecule has 0 fully saturated rings. The maximum Gasteiger partial charge on any atom is 0.237 e. The Morgan fingerprint density at radius 2 is 1.94 bits per heavy atom. The Labute approximate surface area is 209 Å². The number of hydrogen-bond donors (Lipinski definition) is 0. The van der Waals surface area contributed by atoms with Crippen molar-refractivity contribution < 1.29 is 9.53 Å². The van der Waals surface area contributed by atoms with Crippen LogP contribution in [0, 0.1) is 25.2 Å². The van der Waals surface area contributed by atoms with Gasteiger partial charge in [0.1, 0.15) is 0 Å². The van der Waals surface area contributed by atoms with Crippen LogP contribution in [-0.4, -0.2) is 46.7 Å². The van der Waals surface area contributed by atoms with E-state index >= 15 is 0 Å². The van der Waals surface area contributed by atoms with Crippen molar-refractivity contribution in [2.45, 2.75) is 38.4 Å². The summed E-state index contributed by atoms with van der Waals surface area (Å²) < 4.78 is 7.19. The zero-order chi connectivity index (χ0) is 24.5. The highest BCUT2D eigenvalue weighted by Gasteiger charge is 2.20. The van der Waals surface area contributed by atoms with Gasteiger partial charge in [0.15, 0.2) is 11.0 Å². The van der Waals surface area contributed by atoms with Gasteiger partial charge in [-0.25, -0.2) is 0 Å². The molecule has 0 N–H and O–H groups in total. The Bertz CT molecular complexity index is 1150. The van der Waals surface area contributed by atoms with Crippen molar-refractivity contribution in [1.29, 1.82) is 5.26 Å². The normalized spacial score (nSPS) is 10.8. The average molecular weight is 498 g/mol. The number of methoxy groups -OCH3 is 1. The number of carbonyl (C=O) groups excluding carboxylic acids is 1. The first-order valence-corrected chi connectivity index (χ1v) is 12.4. The van der Waals surface area contributed by atoms with Crippen LogP contribution in [0.2, 0.25) is 5.02 Å². The first-order valence-electron chi connectivity index (χ1n) is 11.0. The van der Waals surface area contributed by atoms with Crippen LogP contribution >= 0.6 is 23.4 Å². The molecule has 178 valence electrons. The summed E-state index contributed by atoms with van der Waals surface area (Å²) in [6, 6.07) is 15.6. The minimum absolute atomic E-state index is 0.0871. The molecule has 0 atom stereocenters. The summed E-state index contributed by atoms with van der Waals surface area (Å²) in [4.78, 5) is 14.9. The Hall–Kier alpha value is -2.86. The molecule has 0 saturated heterocycles. The van der Waals surface area contributed by atoms with Gasteiger partial charge in [0.05, 0.1) is 23.3 Å². The minimum Gasteiger partial charge on any atom is -0.385 e. The molecule has 0 aliphatic rings. The summed E-state index contributed by atoms with van der Waals surface area (Å²) in [6.07, 6.45) is 1.03. The van der Waals surface area contributed by atoms with E-state index in [1.165, 1.54) is 11.8 Å². The molecule has 0 unspecified atom stereocenters. The first kappa shape index (κ1) is 25.8. The van der Waals surface area contributed by atoms with Crippen LogP contribution in [0.15, 0.2) is 47.6 Å². The molecular weight excluding hydrogens is 470 g/mol. The van der Waals surface area contributed by atoms with Crippen LogP contribution < -0.4 is 4.90 Å². The van der Waals surface area contributed by atoms with Gasteiger partial charge in [-0.05, 0) is 55.7 Å². The Balaban J connectivity index is 1.84. The van der Waals surface area contributed by atoms with Crippen molar-refractivity contribution in [3.05, 3.63) is 58.6 Å². The second-order valence-corrected chi connectivity index (χ2v) is 9.22. The number of hydrogen-bond acceptors (Lipinski definition) is 6. The number of rotatable bonds is 11. The van der Waals surface area contributed by atoms with E-state index in [0.717, 1.165) is 28.8 Å². The van der Waals surface area contributed by atoms with Gasteiger partial charge in [-0.3, -0.25) is 4.79 Å². The van der Waals surface area contributed by atoms with Gasteiger partial charge in [-0.15, -0.1) is 10.2 Å². The highest BCUT2D eigenvalue weighted by atomic mass is 35.5. The van der Waals surface area contributed by atoms with E-state index in [0.29, 0.717) is 35.7 Å². The fourth-order valence-corrected chi connectivity index (χ4v) is 4.74. The van der Waals surface area contributed by atoms with Crippen LogP contribution in [0.1, 0.15) is 24.0 Å². The van der Waals surface area contributed by atoms with Gasteiger partial charge in [0.2, 0.25) is 5.91 Å². The third-order valence-electron chi connectivity index (χ3n) is 5.15. The second-order valence-electron chi connectivity index (χ2n) is 7.87. The van der Waals surface area contributed by atoms with Gasteiger partial charge in [-0.1, -0.05) is 41.6 Å². The molecule has 1 amide bonds. The lowest BCUT2D eigenvalue weighted by molar-refractivity contribution is -0.116. The maximum absolute atomic E-state index is 13.2. The Kier molecular flexibility index (Phi) is 9.52. The van der Waals surface area contributed by atoms with Crippen LogP contribution in [0.5, 0.6) is 0 Å². The van der Waals surface area contributed by atoms with Crippen LogP contribution in [-0.2, 0) is 16.1 Å². The third kappa shape index (κ3) is 6.60. The summed E-state index contributed by atoms with van der Waals surface area (Å²) in [5.41, 5.74) is 3.73. The molecule has 0 saturated carbocycles. The fourth-order valence-electron chi connectivity index (χ4n) is 3.68. The van der Waals surface area contributed by atoms with Crippen molar-refractivity contribution in [3.63, 3.8) is 0 Å². The number of anilines is 1. The summed E-state index contributed by atoms with van der Waals surface area (Å²) in [7, 11) is 1.66. The highest BCUT2D eigenvalue weighted by Crippen LogP contribution is 2.30. The summed E-state index contributed by atoms with van der Waals surface area (Å²) >= 11 is 7.74. The lowest BCUT2D eigenvalue weighted by Crippen LogP contribution is -2.33. The van der Waals surface area contributed by atoms with Crippen molar-refractivity contribution in [2.75, 3.05) is 30.9 Å². The first-order chi connectivity index (χ1) is 16.4. The third-order valence-corrected chi connectivity index (χ3v) is 6.43. The fraction of sp³-hybridized carbons (Fsp3) is 0.360. The van der Waals surface area contributed by atoms with Crippen molar-refractivity contribution in [3.8, 4) is 17.5 Å². The van der Waals surface area contributed by atoms with Crippen LogP contribution in [0.4, 0.5) is 5.69 Å². The molecule has 0 aliphatic carbocycles.